The van der Waals surface area contributed by atoms with Gasteiger partial charge in [0.15, 0.2) is 5.60 Å². The Hall–Kier alpha value is -3.35. The van der Waals surface area contributed by atoms with Gasteiger partial charge in [0.05, 0.1) is 5.56 Å². The van der Waals surface area contributed by atoms with Gasteiger partial charge in [0.1, 0.15) is 11.6 Å². The lowest BCUT2D eigenvalue weighted by atomic mass is 10.0. The molecule has 0 saturated heterocycles. The Kier molecular flexibility index (Phi) is 5.82. The Labute approximate surface area is 171 Å². The van der Waals surface area contributed by atoms with Gasteiger partial charge < -0.3 is 10.1 Å². The zero-order valence-corrected chi connectivity index (χ0v) is 16.3. The zero-order chi connectivity index (χ0) is 21.9. The van der Waals surface area contributed by atoms with Crippen LogP contribution >= 0.6 is 0 Å². The quantitative estimate of drug-likeness (QED) is 0.494. The van der Waals surface area contributed by atoms with Crippen molar-refractivity contribution in [3.05, 3.63) is 84.2 Å². The van der Waals surface area contributed by atoms with Crippen LogP contribution in [0.25, 0.3) is 11.1 Å². The van der Waals surface area contributed by atoms with Crippen molar-refractivity contribution in [3.8, 4) is 16.9 Å². The second-order valence-corrected chi connectivity index (χ2v) is 7.17. The molecule has 0 fully saturated rings. The number of nitrogens with one attached hydrogen (secondary N) is 1. The number of hydrogen-bond donors (Lipinski definition) is 1. The number of anilines is 1. The first-order valence-electron chi connectivity index (χ1n) is 9.08. The van der Waals surface area contributed by atoms with E-state index in [1.54, 1.807) is 38.1 Å². The van der Waals surface area contributed by atoms with Crippen molar-refractivity contribution < 1.29 is 27.1 Å². The Bertz CT molecular complexity index is 1010. The fourth-order valence-electron chi connectivity index (χ4n) is 2.72. The molecule has 1 amide bonds. The maximum atomic E-state index is 13.0. The van der Waals surface area contributed by atoms with Crippen LogP contribution in [0.3, 0.4) is 0 Å². The number of ether oxygens (including phenoxy) is 1. The average molecular weight is 417 g/mol. The highest BCUT2D eigenvalue weighted by molar-refractivity contribution is 5.97. The molecule has 0 radical (unpaired) electrons. The molecule has 0 heterocycles. The van der Waals surface area contributed by atoms with Crippen molar-refractivity contribution in [2.45, 2.75) is 25.6 Å². The van der Waals surface area contributed by atoms with E-state index in [-0.39, 0.29) is 0 Å². The smallest absolute Gasteiger partial charge is 0.416 e. The third kappa shape index (κ3) is 5.17. The third-order valence-electron chi connectivity index (χ3n) is 4.42. The molecule has 7 heteroatoms. The largest absolute Gasteiger partial charge is 0.478 e. The molecule has 1 N–H and O–H groups in total. The highest BCUT2D eigenvalue weighted by Crippen LogP contribution is 2.31. The molecule has 0 spiro atoms. The topological polar surface area (TPSA) is 38.3 Å². The van der Waals surface area contributed by atoms with Gasteiger partial charge in [-0.05, 0) is 73.5 Å². The van der Waals surface area contributed by atoms with Gasteiger partial charge in [0.2, 0.25) is 0 Å². The molecule has 0 aliphatic heterocycles. The summed E-state index contributed by atoms with van der Waals surface area (Å²) < 4.78 is 56.7. The van der Waals surface area contributed by atoms with E-state index in [2.05, 4.69) is 5.32 Å². The lowest BCUT2D eigenvalue weighted by molar-refractivity contribution is -0.137. The number of amides is 1. The maximum absolute atomic E-state index is 13.0. The lowest BCUT2D eigenvalue weighted by Crippen LogP contribution is -2.42. The van der Waals surface area contributed by atoms with Gasteiger partial charge in [-0.15, -0.1) is 0 Å². The highest BCUT2D eigenvalue weighted by atomic mass is 19.4. The first-order valence-corrected chi connectivity index (χ1v) is 9.08. The summed E-state index contributed by atoms with van der Waals surface area (Å²) in [4.78, 5) is 12.6. The molecule has 3 aromatic carbocycles. The summed E-state index contributed by atoms with van der Waals surface area (Å²) in [7, 11) is 0. The van der Waals surface area contributed by atoms with Crippen LogP contribution in [0.1, 0.15) is 19.4 Å². The monoisotopic (exact) mass is 417 g/mol. The Morgan fingerprint density at radius 2 is 1.30 bits per heavy atom. The SMILES string of the molecule is CC(C)(Oc1ccc(F)cc1)C(=O)Nc1ccc(-c2ccc(C(F)(F)F)cc2)cc1. The van der Waals surface area contributed by atoms with Crippen LogP contribution in [0, 0.1) is 5.82 Å². The molecule has 0 aliphatic carbocycles. The highest BCUT2D eigenvalue weighted by Gasteiger charge is 2.31. The van der Waals surface area contributed by atoms with Crippen molar-refractivity contribution in [2.75, 3.05) is 5.32 Å². The van der Waals surface area contributed by atoms with E-state index < -0.39 is 29.1 Å². The lowest BCUT2D eigenvalue weighted by Gasteiger charge is -2.25. The minimum absolute atomic E-state index is 0.356. The minimum Gasteiger partial charge on any atom is -0.478 e. The number of alkyl halides is 3. The summed E-state index contributed by atoms with van der Waals surface area (Å²) >= 11 is 0. The molecule has 0 saturated carbocycles. The van der Waals surface area contributed by atoms with Crippen molar-refractivity contribution >= 4 is 11.6 Å². The number of carbonyl (C=O) groups excluding carboxylic acids is 1. The summed E-state index contributed by atoms with van der Waals surface area (Å²) in [5.41, 5.74) is -0.0847. The summed E-state index contributed by atoms with van der Waals surface area (Å²) in [5.74, 6) is -0.457. The molecule has 0 aromatic heterocycles. The third-order valence-corrected chi connectivity index (χ3v) is 4.42. The number of hydrogen-bond acceptors (Lipinski definition) is 2. The molecule has 30 heavy (non-hydrogen) atoms. The minimum atomic E-state index is -4.38. The van der Waals surface area contributed by atoms with Gasteiger partial charge in [0, 0.05) is 5.69 Å². The first kappa shape index (κ1) is 21.4. The van der Waals surface area contributed by atoms with Crippen molar-refractivity contribution in [3.63, 3.8) is 0 Å². The van der Waals surface area contributed by atoms with Crippen molar-refractivity contribution in [1.29, 1.82) is 0 Å². The second-order valence-electron chi connectivity index (χ2n) is 7.17. The van der Waals surface area contributed by atoms with Gasteiger partial charge >= 0.3 is 6.18 Å². The molecule has 156 valence electrons. The van der Waals surface area contributed by atoms with Gasteiger partial charge in [0.25, 0.3) is 5.91 Å². The van der Waals surface area contributed by atoms with E-state index >= 15 is 0 Å². The van der Waals surface area contributed by atoms with Gasteiger partial charge in [-0.2, -0.15) is 13.2 Å². The van der Waals surface area contributed by atoms with Crippen molar-refractivity contribution in [2.24, 2.45) is 0 Å². The molecule has 0 unspecified atom stereocenters. The van der Waals surface area contributed by atoms with Crippen LogP contribution in [-0.4, -0.2) is 11.5 Å². The van der Waals surface area contributed by atoms with Gasteiger partial charge in [-0.3, -0.25) is 4.79 Å². The van der Waals surface area contributed by atoms with E-state index in [0.29, 0.717) is 22.6 Å². The van der Waals surface area contributed by atoms with Crippen molar-refractivity contribution in [1.82, 2.24) is 0 Å². The fraction of sp³-hybridized carbons (Fsp3) is 0.174. The van der Waals surface area contributed by atoms with E-state index in [9.17, 15) is 22.4 Å². The summed E-state index contributed by atoms with van der Waals surface area (Å²) in [6.45, 7) is 3.17. The standard InChI is InChI=1S/C23H19F4NO2/c1-22(2,30-20-13-9-18(24)10-14-20)21(29)28-19-11-5-16(6-12-19)15-3-7-17(8-4-15)23(25,26)27/h3-14H,1-2H3,(H,28,29). The maximum Gasteiger partial charge on any atom is 0.416 e. The zero-order valence-electron chi connectivity index (χ0n) is 16.3. The van der Waals surface area contributed by atoms with E-state index in [1.165, 1.54) is 36.4 Å². The summed E-state index contributed by atoms with van der Waals surface area (Å²) in [5, 5.41) is 2.73. The van der Waals surface area contributed by atoms with Crippen LogP contribution < -0.4 is 10.1 Å². The predicted molar refractivity (Wildman–Crippen MR) is 107 cm³/mol. The molecular formula is C23H19F4NO2. The van der Waals surface area contributed by atoms with Gasteiger partial charge in [-0.25, -0.2) is 4.39 Å². The Morgan fingerprint density at radius 1 is 0.800 bits per heavy atom. The van der Waals surface area contributed by atoms with Crippen LogP contribution in [0.2, 0.25) is 0 Å². The molecule has 0 atom stereocenters. The number of benzene rings is 3. The Morgan fingerprint density at radius 3 is 1.80 bits per heavy atom. The molecule has 0 bridgehead atoms. The summed E-state index contributed by atoms with van der Waals surface area (Å²) in [6, 6.07) is 16.9. The average Bonchev–Trinajstić information content (AvgIpc) is 2.69. The fourth-order valence-corrected chi connectivity index (χ4v) is 2.72. The number of rotatable bonds is 5. The molecule has 3 nitrogen and oxygen atoms in total. The van der Waals surface area contributed by atoms with Gasteiger partial charge in [-0.1, -0.05) is 24.3 Å². The van der Waals surface area contributed by atoms with Crippen LogP contribution in [0.5, 0.6) is 5.75 Å². The normalized spacial score (nSPS) is 11.8. The summed E-state index contributed by atoms with van der Waals surface area (Å²) in [6.07, 6.45) is -4.38. The van der Waals surface area contributed by atoms with E-state index in [4.69, 9.17) is 4.74 Å². The van der Waals surface area contributed by atoms with E-state index in [0.717, 1.165) is 12.1 Å². The predicted octanol–water partition coefficient (Wildman–Crippen LogP) is 6.31. The Balaban J connectivity index is 1.67. The van der Waals surface area contributed by atoms with Crippen LogP contribution in [0.4, 0.5) is 23.2 Å². The first-order chi connectivity index (χ1) is 14.0. The molecule has 0 aliphatic rings. The molecule has 3 rings (SSSR count). The molecular weight excluding hydrogens is 398 g/mol. The van der Waals surface area contributed by atoms with Crippen LogP contribution in [0.15, 0.2) is 72.8 Å². The van der Waals surface area contributed by atoms with E-state index in [1.807, 2.05) is 0 Å². The second kappa shape index (κ2) is 8.18. The number of halogens is 4. The number of carbonyl (C=O) groups is 1. The molecule has 3 aromatic rings. The van der Waals surface area contributed by atoms with Crippen LogP contribution in [-0.2, 0) is 11.0 Å².